The number of amides is 1. The van der Waals surface area contributed by atoms with Crippen LogP contribution in [0, 0.1) is 6.92 Å². The van der Waals surface area contributed by atoms with E-state index in [1.165, 1.54) is 10.7 Å². The quantitative estimate of drug-likeness (QED) is 0.824. The molecule has 0 fully saturated rings. The van der Waals surface area contributed by atoms with Crippen molar-refractivity contribution in [2.24, 2.45) is 7.05 Å². The van der Waals surface area contributed by atoms with Crippen LogP contribution in [-0.4, -0.2) is 21.9 Å². The van der Waals surface area contributed by atoms with Gasteiger partial charge in [0.05, 0.1) is 0 Å². The van der Waals surface area contributed by atoms with Gasteiger partial charge in [-0.1, -0.05) is 0 Å². The Balaban J connectivity index is 2.59. The van der Waals surface area contributed by atoms with Crippen LogP contribution in [0.3, 0.4) is 0 Å². The minimum Gasteiger partial charge on any atom is -0.309 e. The molecule has 1 amide bonds. The Morgan fingerprint density at radius 1 is 1.60 bits per heavy atom. The molecule has 0 saturated carbocycles. The van der Waals surface area contributed by atoms with Crippen LogP contribution in [-0.2, 0) is 11.8 Å². The van der Waals surface area contributed by atoms with E-state index < -0.39 is 18.5 Å². The molecular formula is C8H10F3N3O. The number of carbonyl (C=O) groups excluding carboxylic acids is 1. The Hall–Kier alpha value is -1.53. The van der Waals surface area contributed by atoms with Gasteiger partial charge in [-0.3, -0.25) is 9.48 Å². The summed E-state index contributed by atoms with van der Waals surface area (Å²) >= 11 is 0. The molecule has 0 aliphatic carbocycles. The molecule has 84 valence electrons. The van der Waals surface area contributed by atoms with Crippen LogP contribution in [0.25, 0.3) is 0 Å². The fourth-order valence-electron chi connectivity index (χ4n) is 0.991. The summed E-state index contributed by atoms with van der Waals surface area (Å²) in [4.78, 5) is 10.9. The van der Waals surface area contributed by atoms with E-state index in [9.17, 15) is 18.0 Å². The lowest BCUT2D eigenvalue weighted by Gasteiger charge is -2.04. The fraction of sp³-hybridized carbons (Fsp3) is 0.500. The number of hydrogen-bond acceptors (Lipinski definition) is 2. The van der Waals surface area contributed by atoms with Gasteiger partial charge in [-0.05, 0) is 6.92 Å². The molecule has 0 radical (unpaired) electrons. The zero-order chi connectivity index (χ0) is 11.6. The first-order chi connectivity index (χ1) is 6.78. The van der Waals surface area contributed by atoms with Crippen LogP contribution in [0.1, 0.15) is 12.1 Å². The van der Waals surface area contributed by atoms with Gasteiger partial charge in [0.2, 0.25) is 5.91 Å². The molecule has 0 spiro atoms. The highest BCUT2D eigenvalue weighted by Gasteiger charge is 2.31. The summed E-state index contributed by atoms with van der Waals surface area (Å²) in [7, 11) is 1.63. The van der Waals surface area contributed by atoms with E-state index in [2.05, 4.69) is 10.4 Å². The Bertz CT molecular complexity index is 350. The van der Waals surface area contributed by atoms with E-state index >= 15 is 0 Å². The smallest absolute Gasteiger partial charge is 0.309 e. The van der Waals surface area contributed by atoms with Gasteiger partial charge in [0.15, 0.2) is 5.82 Å². The fourth-order valence-corrected chi connectivity index (χ4v) is 0.991. The van der Waals surface area contributed by atoms with Crippen molar-refractivity contribution in [3.8, 4) is 0 Å². The molecule has 4 nitrogen and oxygen atoms in total. The zero-order valence-corrected chi connectivity index (χ0v) is 8.22. The Morgan fingerprint density at radius 2 is 2.20 bits per heavy atom. The topological polar surface area (TPSA) is 46.9 Å². The number of carbonyl (C=O) groups is 1. The van der Waals surface area contributed by atoms with E-state index in [1.807, 2.05) is 0 Å². The van der Waals surface area contributed by atoms with Gasteiger partial charge < -0.3 is 5.32 Å². The van der Waals surface area contributed by atoms with E-state index in [-0.39, 0.29) is 5.82 Å². The lowest BCUT2D eigenvalue weighted by molar-refractivity contribution is -0.150. The third-order valence-electron chi connectivity index (χ3n) is 1.74. The summed E-state index contributed by atoms with van der Waals surface area (Å²) in [6, 6.07) is 1.49. The summed E-state index contributed by atoms with van der Waals surface area (Å²) in [6.07, 6.45) is -5.99. The van der Waals surface area contributed by atoms with Gasteiger partial charge in [0.1, 0.15) is 6.42 Å². The van der Waals surface area contributed by atoms with E-state index in [0.29, 0.717) is 0 Å². The number of alkyl halides is 3. The first-order valence-electron chi connectivity index (χ1n) is 4.15. The van der Waals surface area contributed by atoms with Gasteiger partial charge in [0, 0.05) is 18.8 Å². The molecule has 0 aliphatic rings. The number of rotatable bonds is 2. The van der Waals surface area contributed by atoms with Crippen molar-refractivity contribution in [1.29, 1.82) is 0 Å². The molecule has 7 heteroatoms. The highest BCUT2D eigenvalue weighted by molar-refractivity contribution is 5.90. The number of hydrogen-bond donors (Lipinski definition) is 1. The third-order valence-corrected chi connectivity index (χ3v) is 1.74. The van der Waals surface area contributed by atoms with Crippen molar-refractivity contribution in [3.05, 3.63) is 11.8 Å². The molecule has 1 aromatic rings. The molecule has 1 rings (SSSR count). The predicted molar refractivity (Wildman–Crippen MR) is 47.2 cm³/mol. The largest absolute Gasteiger partial charge is 0.397 e. The average molecular weight is 221 g/mol. The Kier molecular flexibility index (Phi) is 3.01. The molecule has 0 saturated heterocycles. The molecule has 0 bridgehead atoms. The Morgan fingerprint density at radius 3 is 2.60 bits per heavy atom. The van der Waals surface area contributed by atoms with Crippen LogP contribution >= 0.6 is 0 Å². The second-order valence-corrected chi connectivity index (χ2v) is 3.13. The number of nitrogens with one attached hydrogen (secondary N) is 1. The van der Waals surface area contributed by atoms with Crippen molar-refractivity contribution in [2.75, 3.05) is 5.32 Å². The number of aryl methyl sites for hydroxylation is 2. The predicted octanol–water partition coefficient (Wildman–Crippen LogP) is 1.62. The molecule has 0 unspecified atom stereocenters. The summed E-state index contributed by atoms with van der Waals surface area (Å²) < 4.78 is 36.9. The minimum absolute atomic E-state index is 0.129. The van der Waals surface area contributed by atoms with E-state index in [0.717, 1.165) is 5.69 Å². The maximum Gasteiger partial charge on any atom is 0.397 e. The molecular weight excluding hydrogens is 211 g/mol. The normalized spacial score (nSPS) is 11.5. The van der Waals surface area contributed by atoms with Gasteiger partial charge in [-0.2, -0.15) is 18.3 Å². The third kappa shape index (κ3) is 3.61. The average Bonchev–Trinajstić information content (AvgIpc) is 2.26. The summed E-state index contributed by atoms with van der Waals surface area (Å²) in [5.74, 6) is -0.982. The van der Waals surface area contributed by atoms with Crippen LogP contribution in [0.4, 0.5) is 19.0 Å². The van der Waals surface area contributed by atoms with Crippen LogP contribution in [0.5, 0.6) is 0 Å². The van der Waals surface area contributed by atoms with Gasteiger partial charge in [-0.25, -0.2) is 0 Å². The minimum atomic E-state index is -4.49. The van der Waals surface area contributed by atoms with Crippen molar-refractivity contribution in [2.45, 2.75) is 19.5 Å². The zero-order valence-electron chi connectivity index (χ0n) is 8.22. The van der Waals surface area contributed by atoms with Crippen molar-refractivity contribution >= 4 is 11.7 Å². The number of aromatic nitrogens is 2. The number of halogens is 3. The molecule has 1 heterocycles. The maximum atomic E-state index is 11.8. The molecule has 0 aliphatic heterocycles. The van der Waals surface area contributed by atoms with E-state index in [4.69, 9.17) is 0 Å². The molecule has 0 atom stereocenters. The summed E-state index contributed by atoms with van der Waals surface area (Å²) in [5, 5.41) is 5.87. The van der Waals surface area contributed by atoms with Crippen LogP contribution in [0.2, 0.25) is 0 Å². The van der Waals surface area contributed by atoms with Crippen molar-refractivity contribution in [3.63, 3.8) is 0 Å². The monoisotopic (exact) mass is 221 g/mol. The maximum absolute atomic E-state index is 11.8. The molecule has 1 aromatic heterocycles. The number of anilines is 1. The van der Waals surface area contributed by atoms with Crippen LogP contribution in [0.15, 0.2) is 6.07 Å². The van der Waals surface area contributed by atoms with Gasteiger partial charge in [0.25, 0.3) is 0 Å². The SMILES string of the molecule is Cc1cc(NC(=O)CC(F)(F)F)nn1C. The molecule has 15 heavy (non-hydrogen) atoms. The summed E-state index contributed by atoms with van der Waals surface area (Å²) in [6.45, 7) is 1.73. The highest BCUT2D eigenvalue weighted by atomic mass is 19.4. The molecule has 0 aromatic carbocycles. The van der Waals surface area contributed by atoms with Crippen molar-refractivity contribution in [1.82, 2.24) is 9.78 Å². The van der Waals surface area contributed by atoms with Gasteiger partial charge >= 0.3 is 6.18 Å². The second-order valence-electron chi connectivity index (χ2n) is 3.13. The number of nitrogens with zero attached hydrogens (tertiary/aromatic N) is 2. The first-order valence-corrected chi connectivity index (χ1v) is 4.15. The lowest BCUT2D eigenvalue weighted by Crippen LogP contribution is -2.21. The van der Waals surface area contributed by atoms with Crippen molar-refractivity contribution < 1.29 is 18.0 Å². The molecule has 1 N–H and O–H groups in total. The van der Waals surface area contributed by atoms with Gasteiger partial charge in [-0.15, -0.1) is 0 Å². The highest BCUT2D eigenvalue weighted by Crippen LogP contribution is 2.20. The summed E-state index contributed by atoms with van der Waals surface area (Å²) in [5.41, 5.74) is 0.748. The van der Waals surface area contributed by atoms with Crippen LogP contribution < -0.4 is 5.32 Å². The first kappa shape index (κ1) is 11.5. The van der Waals surface area contributed by atoms with E-state index in [1.54, 1.807) is 14.0 Å². The lowest BCUT2D eigenvalue weighted by atomic mass is 10.4. The Labute approximate surface area is 84.1 Å². The standard InChI is InChI=1S/C8H10F3N3O/c1-5-3-6(13-14(5)2)12-7(15)4-8(9,10)11/h3H,4H2,1-2H3,(H,12,13,15). The second kappa shape index (κ2) is 3.92.